The van der Waals surface area contributed by atoms with Crippen LogP contribution in [0.2, 0.25) is 0 Å². The molecule has 0 N–H and O–H groups in total. The first kappa shape index (κ1) is 13.1. The molecule has 1 heterocycles. The molecule has 0 aromatic carbocycles. The van der Waals surface area contributed by atoms with Crippen molar-refractivity contribution in [1.29, 1.82) is 5.26 Å². The number of rotatable bonds is 3. The summed E-state index contributed by atoms with van der Waals surface area (Å²) >= 11 is 0. The normalized spacial score (nSPS) is 19.4. The van der Waals surface area contributed by atoms with Crippen LogP contribution in [0.4, 0.5) is 0 Å². The molecule has 1 atom stereocenters. The SMILES string of the molecule is CCCCC1COCCO1.N#Cc1cc2ccc1=2. The molecule has 1 unspecified atom stereocenters. The molecule has 0 saturated carbocycles. The Morgan fingerprint density at radius 1 is 1.39 bits per heavy atom. The number of hydrogen-bond donors (Lipinski definition) is 0. The Kier molecular flexibility index (Phi) is 4.74. The van der Waals surface area contributed by atoms with Gasteiger partial charge < -0.3 is 9.47 Å². The Morgan fingerprint density at radius 3 is 2.67 bits per heavy atom. The van der Waals surface area contributed by atoms with Gasteiger partial charge in [-0.05, 0) is 22.9 Å². The number of benzene rings is 1. The quantitative estimate of drug-likeness (QED) is 0.835. The molecule has 0 radical (unpaired) electrons. The summed E-state index contributed by atoms with van der Waals surface area (Å²) in [5.74, 6) is 0. The van der Waals surface area contributed by atoms with E-state index in [4.69, 9.17) is 14.7 Å². The molecule has 3 heteroatoms. The summed E-state index contributed by atoms with van der Waals surface area (Å²) in [6.07, 6.45) is 4.05. The van der Waals surface area contributed by atoms with Gasteiger partial charge in [0.15, 0.2) is 0 Å². The van der Waals surface area contributed by atoms with Crippen LogP contribution in [0.15, 0.2) is 18.2 Å². The lowest BCUT2D eigenvalue weighted by Gasteiger charge is -2.22. The van der Waals surface area contributed by atoms with E-state index in [2.05, 4.69) is 13.0 Å². The predicted molar refractivity (Wildman–Crippen MR) is 68.9 cm³/mol. The van der Waals surface area contributed by atoms with Crippen molar-refractivity contribution in [1.82, 2.24) is 0 Å². The monoisotopic (exact) mass is 245 g/mol. The predicted octanol–water partition coefficient (Wildman–Crippen LogP) is 2.75. The average molecular weight is 245 g/mol. The molecule has 3 nitrogen and oxygen atoms in total. The Hall–Kier alpha value is -1.37. The minimum Gasteiger partial charge on any atom is -0.376 e. The van der Waals surface area contributed by atoms with E-state index >= 15 is 0 Å². The number of nitrogens with zero attached hydrogens (tertiary/aromatic N) is 1. The van der Waals surface area contributed by atoms with Gasteiger partial charge in [-0.1, -0.05) is 31.9 Å². The third-order valence-electron chi connectivity index (χ3n) is 3.22. The fourth-order valence-electron chi connectivity index (χ4n) is 2.02. The van der Waals surface area contributed by atoms with Crippen molar-refractivity contribution in [2.75, 3.05) is 19.8 Å². The molecule has 2 aliphatic carbocycles. The molecule has 0 aromatic heterocycles. The molecular weight excluding hydrogens is 226 g/mol. The van der Waals surface area contributed by atoms with E-state index in [0.29, 0.717) is 6.10 Å². The second kappa shape index (κ2) is 6.53. The van der Waals surface area contributed by atoms with Crippen LogP contribution < -0.4 is 0 Å². The lowest BCUT2D eigenvalue weighted by Crippen LogP contribution is -2.28. The van der Waals surface area contributed by atoms with Crippen molar-refractivity contribution < 1.29 is 9.47 Å². The van der Waals surface area contributed by atoms with Crippen molar-refractivity contribution >= 4 is 0 Å². The first-order valence-electron chi connectivity index (χ1n) is 6.59. The molecule has 3 rings (SSSR count). The minimum absolute atomic E-state index is 0.383. The molecule has 96 valence electrons. The van der Waals surface area contributed by atoms with Crippen molar-refractivity contribution in [3.63, 3.8) is 0 Å². The van der Waals surface area contributed by atoms with Crippen LogP contribution in [0.5, 0.6) is 0 Å². The first-order valence-corrected chi connectivity index (χ1v) is 6.59. The maximum atomic E-state index is 8.32. The fraction of sp³-hybridized carbons (Fsp3) is 0.533. The Labute approximate surface area is 108 Å². The standard InChI is InChI=1S/C8H16O2.C7H3N/c1-2-3-4-8-7-9-5-6-10-8;8-4-6-3-5-1-2-7(5)6/h8H,2-7H2,1H3;1-3H. The molecule has 1 aliphatic heterocycles. The molecule has 1 fully saturated rings. The van der Waals surface area contributed by atoms with Crippen LogP contribution in [0.25, 0.3) is 0 Å². The van der Waals surface area contributed by atoms with Gasteiger partial charge in [-0.25, -0.2) is 0 Å². The summed E-state index contributed by atoms with van der Waals surface area (Å²) < 4.78 is 10.7. The van der Waals surface area contributed by atoms with Crippen LogP contribution >= 0.6 is 0 Å². The number of nitriles is 1. The molecular formula is C15H19NO2. The molecule has 1 saturated heterocycles. The highest BCUT2D eigenvalue weighted by Gasteiger charge is 2.12. The Bertz CT molecular complexity index is 512. The van der Waals surface area contributed by atoms with Gasteiger partial charge in [-0.2, -0.15) is 5.26 Å². The van der Waals surface area contributed by atoms with Gasteiger partial charge in [-0.3, -0.25) is 0 Å². The average Bonchev–Trinajstić information content (AvgIpc) is 2.41. The maximum absolute atomic E-state index is 8.32. The van der Waals surface area contributed by atoms with Crippen molar-refractivity contribution in [2.24, 2.45) is 0 Å². The third-order valence-corrected chi connectivity index (χ3v) is 3.22. The van der Waals surface area contributed by atoms with E-state index in [9.17, 15) is 0 Å². The zero-order chi connectivity index (χ0) is 12.8. The first-order chi connectivity index (χ1) is 8.85. The van der Waals surface area contributed by atoms with Gasteiger partial charge in [0.2, 0.25) is 0 Å². The summed E-state index contributed by atoms with van der Waals surface area (Å²) in [4.78, 5) is 0. The largest absolute Gasteiger partial charge is 0.376 e. The van der Waals surface area contributed by atoms with Crippen molar-refractivity contribution in [2.45, 2.75) is 32.3 Å². The van der Waals surface area contributed by atoms with E-state index in [1.54, 1.807) is 0 Å². The molecule has 3 aliphatic rings. The lowest BCUT2D eigenvalue weighted by molar-refractivity contribution is -0.0911. The fourth-order valence-corrected chi connectivity index (χ4v) is 2.02. The van der Waals surface area contributed by atoms with E-state index in [0.717, 1.165) is 37.0 Å². The highest BCUT2D eigenvalue weighted by molar-refractivity contribution is 5.41. The summed E-state index contributed by atoms with van der Waals surface area (Å²) in [5, 5.41) is 10.7. The van der Waals surface area contributed by atoms with Crippen molar-refractivity contribution in [3.8, 4) is 6.07 Å². The highest BCUT2D eigenvalue weighted by Crippen LogP contribution is 2.13. The van der Waals surface area contributed by atoms with E-state index in [1.807, 2.05) is 18.2 Å². The van der Waals surface area contributed by atoms with Crippen LogP contribution in [0, 0.1) is 21.8 Å². The van der Waals surface area contributed by atoms with Crippen LogP contribution in [0.1, 0.15) is 31.7 Å². The number of unbranched alkanes of at least 4 members (excludes halogenated alkanes) is 1. The van der Waals surface area contributed by atoms with Crippen LogP contribution in [0.3, 0.4) is 0 Å². The van der Waals surface area contributed by atoms with Gasteiger partial charge in [0, 0.05) is 0 Å². The summed E-state index contributed by atoms with van der Waals surface area (Å²) in [6.45, 7) is 4.57. The van der Waals surface area contributed by atoms with Gasteiger partial charge in [0.05, 0.1) is 37.6 Å². The zero-order valence-electron chi connectivity index (χ0n) is 10.8. The van der Waals surface area contributed by atoms with E-state index in [-0.39, 0.29) is 0 Å². The van der Waals surface area contributed by atoms with Gasteiger partial charge in [0.1, 0.15) is 0 Å². The highest BCUT2D eigenvalue weighted by atomic mass is 16.6. The maximum Gasteiger partial charge on any atom is 0.0998 e. The van der Waals surface area contributed by atoms with Gasteiger partial charge in [-0.15, -0.1) is 0 Å². The summed E-state index contributed by atoms with van der Waals surface area (Å²) in [6, 6.07) is 7.96. The zero-order valence-corrected chi connectivity index (χ0v) is 10.8. The lowest BCUT2D eigenvalue weighted by atomic mass is 10.0. The summed E-state index contributed by atoms with van der Waals surface area (Å²) in [5.41, 5.74) is 0.836. The Morgan fingerprint density at radius 2 is 2.28 bits per heavy atom. The summed E-state index contributed by atoms with van der Waals surface area (Å²) in [7, 11) is 0. The molecule has 18 heavy (non-hydrogen) atoms. The van der Waals surface area contributed by atoms with Crippen LogP contribution in [-0.4, -0.2) is 25.9 Å². The van der Waals surface area contributed by atoms with Gasteiger partial charge >= 0.3 is 0 Å². The minimum atomic E-state index is 0.383. The van der Waals surface area contributed by atoms with E-state index < -0.39 is 0 Å². The third kappa shape index (κ3) is 3.10. The number of hydrogen-bond acceptors (Lipinski definition) is 3. The molecule has 0 aromatic rings. The second-order valence-electron chi connectivity index (χ2n) is 4.58. The van der Waals surface area contributed by atoms with Gasteiger partial charge in [0.25, 0.3) is 0 Å². The smallest absolute Gasteiger partial charge is 0.0998 e. The second-order valence-corrected chi connectivity index (χ2v) is 4.58. The Balaban J connectivity index is 0.000000136. The topological polar surface area (TPSA) is 42.2 Å². The van der Waals surface area contributed by atoms with Crippen molar-refractivity contribution in [3.05, 3.63) is 34.2 Å². The molecule has 0 amide bonds. The van der Waals surface area contributed by atoms with Crippen LogP contribution in [-0.2, 0) is 9.47 Å². The molecule has 0 spiro atoms. The molecule has 0 bridgehead atoms. The van der Waals surface area contributed by atoms with E-state index in [1.165, 1.54) is 18.1 Å². The number of ether oxygens (including phenoxy) is 2.